The predicted molar refractivity (Wildman–Crippen MR) is 205 cm³/mol. The Morgan fingerprint density at radius 3 is 2.38 bits per heavy atom. The Bertz CT molecular complexity index is 2200. The van der Waals surface area contributed by atoms with Crippen molar-refractivity contribution < 1.29 is 61.2 Å². The van der Waals surface area contributed by atoms with E-state index in [9.17, 15) is 43.2 Å². The molecule has 6 N–H and O–H groups in total. The number of aryl methyl sites for hydroxylation is 1. The van der Waals surface area contributed by atoms with Crippen LogP contribution in [0.5, 0.6) is 0 Å². The molecule has 0 spiro atoms. The van der Waals surface area contributed by atoms with Gasteiger partial charge in [0.2, 0.25) is 5.91 Å². The first-order chi connectivity index (χ1) is 27.7. The monoisotopic (exact) mass is 848 g/mol. The van der Waals surface area contributed by atoms with Crippen LogP contribution in [0.15, 0.2) is 64.3 Å². The molecule has 1 fully saturated rings. The molecular weight excluding hydrogens is 802 g/mol. The Morgan fingerprint density at radius 2 is 1.62 bits per heavy atom. The molecule has 58 heavy (non-hydrogen) atoms. The highest BCUT2D eigenvalue weighted by atomic mass is 31.2. The van der Waals surface area contributed by atoms with E-state index in [1.54, 1.807) is 0 Å². The van der Waals surface area contributed by atoms with Crippen molar-refractivity contribution in [3.05, 3.63) is 103 Å². The van der Waals surface area contributed by atoms with Gasteiger partial charge in [-0.05, 0) is 43.4 Å². The number of carbonyl (C=O) groups excluding carboxylic acids is 2. The molecule has 0 radical (unpaired) electrons. The predicted octanol–water partition coefficient (Wildman–Crippen LogP) is 2.72. The van der Waals surface area contributed by atoms with Gasteiger partial charge in [0, 0.05) is 68.6 Å². The van der Waals surface area contributed by atoms with Crippen LogP contribution in [0.1, 0.15) is 72.3 Å². The number of aliphatic hydroxyl groups excluding tert-OH is 1. The number of aromatic amines is 1. The molecule has 2 aliphatic rings. The Balaban J connectivity index is 1.04. The number of fused-ring (bicyclic) bond motifs is 2. The number of alkyl carbamates (subject to hydrolysis) is 1. The van der Waals surface area contributed by atoms with Gasteiger partial charge in [0.15, 0.2) is 6.23 Å². The van der Waals surface area contributed by atoms with E-state index in [0.29, 0.717) is 38.6 Å². The molecule has 0 bridgehead atoms. The van der Waals surface area contributed by atoms with Gasteiger partial charge in [-0.25, -0.2) is 18.7 Å². The number of phosphoric ester groups is 2. The summed E-state index contributed by atoms with van der Waals surface area (Å²) in [5.41, 5.74) is 1.91. The fourth-order valence-electron chi connectivity index (χ4n) is 6.33. The smallest absolute Gasteiger partial charge is 0.441 e. The lowest BCUT2D eigenvalue weighted by atomic mass is 9.92. The van der Waals surface area contributed by atoms with Crippen molar-refractivity contribution in [2.45, 2.75) is 75.6 Å². The summed E-state index contributed by atoms with van der Waals surface area (Å²) in [4.78, 5) is 72.2. The third-order valence-corrected chi connectivity index (χ3v) is 11.3. The minimum atomic E-state index is -4.74. The molecule has 2 heterocycles. The SMILES string of the molecule is COP(=O)(O)OC[C@H]1O[C@@H](n2cc(CCCNC(=O)CCCCCNC(=O)OC3Cc4ccccc4C#Cc4ccccc43)c(=O)[nH]c2=O)[C@@H](O)C1OP(=O)(O)OC. The van der Waals surface area contributed by atoms with Gasteiger partial charge < -0.3 is 35.0 Å². The quantitative estimate of drug-likeness (QED) is 0.0576. The van der Waals surface area contributed by atoms with Crippen LogP contribution >= 0.6 is 15.6 Å². The summed E-state index contributed by atoms with van der Waals surface area (Å²) >= 11 is 0. The number of hydrogen-bond acceptors (Lipinski definition) is 13. The highest BCUT2D eigenvalue weighted by molar-refractivity contribution is 7.47. The fourth-order valence-corrected chi connectivity index (χ4v) is 7.43. The van der Waals surface area contributed by atoms with E-state index in [-0.39, 0.29) is 30.9 Å². The second kappa shape index (κ2) is 20.5. The number of benzene rings is 2. The van der Waals surface area contributed by atoms with Crippen LogP contribution in [0.4, 0.5) is 4.79 Å². The molecule has 2 aromatic carbocycles. The van der Waals surface area contributed by atoms with E-state index >= 15 is 0 Å². The standard InChI is InChI=1S/C37H46N4O15P2/c1-51-57(47,48)53-23-30-33(56-58(49,50)52-2)32(43)35(54-30)41-22-27(34(44)40-36(41)45)14-10-20-38-31(42)16-4-3-9-19-39-37(46)55-29-21-26-13-6-5-11-24(26)17-18-25-12-7-8-15-28(25)29/h5-8,11-13,15,22,29-30,32-33,35,43H,3-4,9-10,14,16,19-21,23H2,1-2H3,(H,38,42)(H,39,46)(H,47,48)(H,49,50)(H,40,44,45)/t29?,30-,32+,33?,35-/m1/s1. The van der Waals surface area contributed by atoms with Gasteiger partial charge in [-0.15, -0.1) is 0 Å². The van der Waals surface area contributed by atoms with Gasteiger partial charge in [-0.3, -0.25) is 37.2 Å². The molecule has 1 aliphatic heterocycles. The van der Waals surface area contributed by atoms with Gasteiger partial charge >= 0.3 is 27.4 Å². The molecule has 19 nitrogen and oxygen atoms in total. The molecule has 314 valence electrons. The van der Waals surface area contributed by atoms with Crippen LogP contribution in [0, 0.1) is 11.8 Å². The molecule has 3 aromatic rings. The summed E-state index contributed by atoms with van der Waals surface area (Å²) in [5, 5.41) is 16.5. The number of amides is 2. The summed E-state index contributed by atoms with van der Waals surface area (Å²) in [6.07, 6.45) is -3.56. The molecule has 1 aliphatic carbocycles. The number of phosphoric acid groups is 2. The molecule has 1 saturated heterocycles. The lowest BCUT2D eigenvalue weighted by Crippen LogP contribution is -2.39. The maximum Gasteiger partial charge on any atom is 0.472 e. The number of unbranched alkanes of at least 4 members (excludes halogenated alkanes) is 2. The van der Waals surface area contributed by atoms with Crippen molar-refractivity contribution in [2.75, 3.05) is 33.9 Å². The molecule has 0 saturated carbocycles. The Kier molecular flexibility index (Phi) is 15.8. The number of carbonyl (C=O) groups is 2. The van der Waals surface area contributed by atoms with E-state index in [0.717, 1.165) is 47.2 Å². The minimum Gasteiger partial charge on any atom is -0.441 e. The van der Waals surface area contributed by atoms with E-state index in [1.807, 2.05) is 48.5 Å². The first kappa shape index (κ1) is 44.7. The van der Waals surface area contributed by atoms with Crippen molar-refractivity contribution in [3.63, 3.8) is 0 Å². The first-order valence-corrected chi connectivity index (χ1v) is 21.4. The van der Waals surface area contributed by atoms with Crippen molar-refractivity contribution in [1.82, 2.24) is 20.2 Å². The number of ether oxygens (including phenoxy) is 2. The summed E-state index contributed by atoms with van der Waals surface area (Å²) in [6.45, 7) is -0.212. The molecule has 5 rings (SSSR count). The summed E-state index contributed by atoms with van der Waals surface area (Å²) in [7, 11) is -7.52. The van der Waals surface area contributed by atoms with Gasteiger partial charge in [-0.2, -0.15) is 0 Å². The highest BCUT2D eigenvalue weighted by Crippen LogP contribution is 2.49. The Labute approximate surface area is 333 Å². The normalized spacial score (nSPS) is 21.8. The highest BCUT2D eigenvalue weighted by Gasteiger charge is 2.50. The van der Waals surface area contributed by atoms with Crippen LogP contribution in [0.3, 0.4) is 0 Å². The van der Waals surface area contributed by atoms with Crippen LogP contribution in [-0.2, 0) is 54.3 Å². The van der Waals surface area contributed by atoms with Gasteiger partial charge in [-0.1, -0.05) is 54.7 Å². The van der Waals surface area contributed by atoms with Crippen molar-refractivity contribution in [2.24, 2.45) is 0 Å². The maximum atomic E-state index is 12.8. The largest absolute Gasteiger partial charge is 0.472 e. The molecule has 4 unspecified atom stereocenters. The topological polar surface area (TPSA) is 263 Å². The van der Waals surface area contributed by atoms with Crippen LogP contribution < -0.4 is 21.9 Å². The second-order valence-electron chi connectivity index (χ2n) is 13.3. The number of nitrogens with zero attached hydrogens (tertiary/aromatic N) is 1. The molecule has 21 heteroatoms. The average molecular weight is 849 g/mol. The van der Waals surface area contributed by atoms with Gasteiger partial charge in [0.05, 0.1) is 6.61 Å². The summed E-state index contributed by atoms with van der Waals surface area (Å²) < 4.78 is 54.9. The molecule has 2 amide bonds. The lowest BCUT2D eigenvalue weighted by molar-refractivity contribution is -0.121. The molecular formula is C37H46N4O15P2. The average Bonchev–Trinajstić information content (AvgIpc) is 3.49. The zero-order valence-corrected chi connectivity index (χ0v) is 33.5. The maximum absolute atomic E-state index is 12.8. The van der Waals surface area contributed by atoms with Crippen LogP contribution in [0.25, 0.3) is 0 Å². The van der Waals surface area contributed by atoms with Crippen LogP contribution in [-0.4, -0.2) is 88.7 Å². The van der Waals surface area contributed by atoms with E-state index in [1.165, 1.54) is 0 Å². The molecule has 7 atom stereocenters. The third kappa shape index (κ3) is 12.3. The number of nitrogens with one attached hydrogen (secondary N) is 3. The number of rotatable bonds is 19. The van der Waals surface area contributed by atoms with Crippen LogP contribution in [0.2, 0.25) is 0 Å². The summed E-state index contributed by atoms with van der Waals surface area (Å²) in [6, 6.07) is 15.4. The van der Waals surface area contributed by atoms with Crippen molar-refractivity contribution >= 4 is 27.6 Å². The number of hydrogen-bond donors (Lipinski definition) is 6. The summed E-state index contributed by atoms with van der Waals surface area (Å²) in [5.74, 6) is 6.18. The first-order valence-electron chi connectivity index (χ1n) is 18.4. The van der Waals surface area contributed by atoms with E-state index in [4.69, 9.17) is 18.5 Å². The zero-order valence-electron chi connectivity index (χ0n) is 31.7. The number of aliphatic hydroxyl groups is 1. The third-order valence-electron chi connectivity index (χ3n) is 9.35. The number of aromatic nitrogens is 2. The van der Waals surface area contributed by atoms with Gasteiger partial charge in [0.25, 0.3) is 5.56 Å². The Morgan fingerprint density at radius 1 is 0.931 bits per heavy atom. The van der Waals surface area contributed by atoms with E-state index < -0.39 is 70.2 Å². The second-order valence-corrected chi connectivity index (χ2v) is 16.4. The number of H-pyrrole nitrogens is 1. The fraction of sp³-hybridized carbons (Fsp3) is 0.459. The van der Waals surface area contributed by atoms with Gasteiger partial charge in [0.1, 0.15) is 24.4 Å². The zero-order chi connectivity index (χ0) is 41.9. The van der Waals surface area contributed by atoms with E-state index in [2.05, 4.69) is 36.5 Å². The Hall–Kier alpha value is -4.44. The van der Waals surface area contributed by atoms with Crippen molar-refractivity contribution in [1.29, 1.82) is 0 Å². The van der Waals surface area contributed by atoms with Crippen molar-refractivity contribution in [3.8, 4) is 11.8 Å². The lowest BCUT2D eigenvalue weighted by Gasteiger charge is -2.22. The molecule has 1 aromatic heterocycles. The minimum absolute atomic E-state index is 0.0917.